The first kappa shape index (κ1) is 21.3. The second-order valence-electron chi connectivity index (χ2n) is 9.53. The Bertz CT molecular complexity index is 298. The third-order valence-corrected chi connectivity index (χ3v) is 17.9. The van der Waals surface area contributed by atoms with Gasteiger partial charge in [-0.05, 0) is 10.1 Å². The lowest BCUT2D eigenvalue weighted by Gasteiger charge is -2.48. The summed E-state index contributed by atoms with van der Waals surface area (Å²) in [5, 5.41) is 0.535. The molecule has 0 aromatic rings. The van der Waals surface area contributed by atoms with Crippen molar-refractivity contribution >= 4 is 16.1 Å². The van der Waals surface area contributed by atoms with E-state index in [1.165, 1.54) is 0 Å². The van der Waals surface area contributed by atoms with Crippen molar-refractivity contribution in [1.29, 1.82) is 0 Å². The largest absolute Gasteiger partial charge is 0.379 e. The second-order valence-corrected chi connectivity index (χ2v) is 20.7. The Morgan fingerprint density at radius 1 is 0.714 bits per heavy atom. The lowest BCUT2D eigenvalue weighted by Crippen LogP contribution is -2.61. The first-order valence-electron chi connectivity index (χ1n) is 8.18. The van der Waals surface area contributed by atoms with Crippen LogP contribution in [-0.4, -0.2) is 40.7 Å². The van der Waals surface area contributed by atoms with Gasteiger partial charge in [0, 0.05) is 13.1 Å². The van der Waals surface area contributed by atoms with Crippen LogP contribution < -0.4 is 11.5 Å². The Hall–Kier alpha value is 0.314. The maximum atomic E-state index is 6.60. The molecule has 0 amide bonds. The molecule has 128 valence electrons. The lowest BCUT2D eigenvalue weighted by molar-refractivity contribution is 0.0719. The molecule has 0 aromatic heterocycles. The Morgan fingerprint density at radius 3 is 1.10 bits per heavy atom. The Labute approximate surface area is 135 Å². The average Bonchev–Trinajstić information content (AvgIpc) is 2.26. The molecular formula is C16H40N2OSi2. The summed E-state index contributed by atoms with van der Waals surface area (Å²) >= 11 is 0. The molecule has 2 unspecified atom stereocenters. The van der Waals surface area contributed by atoms with Crippen LogP contribution in [0, 0.1) is 0 Å². The number of ether oxygens (including phenoxy) is 1. The average molecular weight is 333 g/mol. The molecule has 0 aliphatic rings. The number of hydrogen-bond acceptors (Lipinski definition) is 3. The molecule has 4 N–H and O–H groups in total. The molecule has 0 rings (SSSR count). The van der Waals surface area contributed by atoms with Crippen molar-refractivity contribution in [3.05, 3.63) is 0 Å². The van der Waals surface area contributed by atoms with Gasteiger partial charge in [-0.3, -0.25) is 0 Å². The first-order chi connectivity index (χ1) is 9.12. The minimum atomic E-state index is -1.63. The van der Waals surface area contributed by atoms with E-state index >= 15 is 0 Å². The topological polar surface area (TPSA) is 61.3 Å². The number of hydrogen-bond donors (Lipinski definition) is 2. The van der Waals surface area contributed by atoms with Crippen molar-refractivity contribution < 1.29 is 4.74 Å². The van der Waals surface area contributed by atoms with Crippen LogP contribution in [0.1, 0.15) is 41.5 Å². The van der Waals surface area contributed by atoms with Crippen molar-refractivity contribution in [1.82, 2.24) is 0 Å². The van der Waals surface area contributed by atoms with Crippen LogP contribution in [0.25, 0.3) is 0 Å². The smallest absolute Gasteiger partial charge is 0.0885 e. The molecule has 21 heavy (non-hydrogen) atoms. The van der Waals surface area contributed by atoms with Gasteiger partial charge in [0.2, 0.25) is 0 Å². The summed E-state index contributed by atoms with van der Waals surface area (Å²) in [4.78, 5) is 0. The summed E-state index contributed by atoms with van der Waals surface area (Å²) in [7, 11) is -3.26. The zero-order valence-electron chi connectivity index (χ0n) is 16.1. The Morgan fingerprint density at radius 2 is 0.952 bits per heavy atom. The molecular weight excluding hydrogens is 292 g/mol. The highest BCUT2D eigenvalue weighted by Gasteiger charge is 2.47. The first-order valence-corrected chi connectivity index (χ1v) is 14.3. The molecule has 3 nitrogen and oxygen atoms in total. The van der Waals surface area contributed by atoms with Crippen molar-refractivity contribution in [3.8, 4) is 0 Å². The highest BCUT2D eigenvalue weighted by molar-refractivity contribution is 6.82. The maximum absolute atomic E-state index is 6.60. The molecule has 0 aliphatic carbocycles. The van der Waals surface area contributed by atoms with E-state index in [9.17, 15) is 0 Å². The van der Waals surface area contributed by atoms with E-state index in [1.54, 1.807) is 0 Å². The van der Waals surface area contributed by atoms with Crippen LogP contribution >= 0.6 is 0 Å². The van der Waals surface area contributed by atoms with Crippen molar-refractivity contribution in [3.63, 3.8) is 0 Å². The molecule has 0 saturated heterocycles. The molecule has 0 spiro atoms. The van der Waals surface area contributed by atoms with Gasteiger partial charge in [-0.1, -0.05) is 67.7 Å². The molecule has 0 saturated carbocycles. The maximum Gasteiger partial charge on any atom is 0.0885 e. The predicted molar refractivity (Wildman–Crippen MR) is 101 cm³/mol. The van der Waals surface area contributed by atoms with E-state index in [0.717, 1.165) is 0 Å². The second kappa shape index (κ2) is 6.83. The van der Waals surface area contributed by atoms with Crippen LogP contribution in [0.2, 0.25) is 36.3 Å². The van der Waals surface area contributed by atoms with Crippen LogP contribution in [0.5, 0.6) is 0 Å². The van der Waals surface area contributed by atoms with Gasteiger partial charge in [0.25, 0.3) is 0 Å². The van der Waals surface area contributed by atoms with Crippen LogP contribution in [0.4, 0.5) is 0 Å². The van der Waals surface area contributed by atoms with Gasteiger partial charge in [0.1, 0.15) is 0 Å². The van der Waals surface area contributed by atoms with E-state index in [2.05, 4.69) is 67.7 Å². The third-order valence-electron chi connectivity index (χ3n) is 6.23. The fourth-order valence-electron chi connectivity index (χ4n) is 2.20. The Kier molecular flexibility index (Phi) is 6.93. The molecule has 0 radical (unpaired) electrons. The van der Waals surface area contributed by atoms with E-state index in [-0.39, 0.29) is 21.5 Å². The fourth-order valence-corrected chi connectivity index (χ4v) is 6.46. The van der Waals surface area contributed by atoms with Crippen molar-refractivity contribution in [2.45, 2.75) is 89.3 Å². The summed E-state index contributed by atoms with van der Waals surface area (Å²) in [5.41, 5.74) is 12.5. The van der Waals surface area contributed by atoms with Crippen LogP contribution in [0.3, 0.4) is 0 Å². The normalized spacial score (nSPS) is 17.7. The highest BCUT2D eigenvalue weighted by atomic mass is 28.3. The molecule has 5 heteroatoms. The van der Waals surface area contributed by atoms with Gasteiger partial charge in [0.05, 0.1) is 27.6 Å². The Balaban J connectivity index is 5.38. The predicted octanol–water partition coefficient (Wildman–Crippen LogP) is 3.75. The van der Waals surface area contributed by atoms with Gasteiger partial charge < -0.3 is 16.2 Å². The van der Waals surface area contributed by atoms with Gasteiger partial charge in [0.15, 0.2) is 0 Å². The summed E-state index contributed by atoms with van der Waals surface area (Å²) in [6, 6.07) is 0. The quantitative estimate of drug-likeness (QED) is 0.728. The zero-order valence-corrected chi connectivity index (χ0v) is 18.1. The van der Waals surface area contributed by atoms with Crippen molar-refractivity contribution in [2.75, 3.05) is 13.1 Å². The van der Waals surface area contributed by atoms with Crippen LogP contribution in [-0.2, 0) is 4.74 Å². The summed E-state index contributed by atoms with van der Waals surface area (Å²) in [5.74, 6) is 0. The number of rotatable bonds is 6. The van der Waals surface area contributed by atoms with E-state index in [0.29, 0.717) is 13.1 Å². The van der Waals surface area contributed by atoms with Crippen molar-refractivity contribution in [2.24, 2.45) is 11.5 Å². The van der Waals surface area contributed by atoms with Gasteiger partial charge >= 0.3 is 0 Å². The highest BCUT2D eigenvalue weighted by Crippen LogP contribution is 2.42. The van der Waals surface area contributed by atoms with Gasteiger partial charge in [-0.25, -0.2) is 0 Å². The zero-order chi connectivity index (χ0) is 17.3. The minimum absolute atomic E-state index is 0.167. The summed E-state index contributed by atoms with van der Waals surface area (Å²) < 4.78 is 6.60. The monoisotopic (exact) mass is 332 g/mol. The van der Waals surface area contributed by atoms with Crippen LogP contribution in [0.15, 0.2) is 0 Å². The minimum Gasteiger partial charge on any atom is -0.379 e. The van der Waals surface area contributed by atoms with E-state index in [1.807, 2.05) is 0 Å². The molecule has 0 heterocycles. The molecule has 0 fully saturated rings. The molecule has 0 bridgehead atoms. The number of nitrogens with two attached hydrogens (primary N) is 2. The molecule has 0 aliphatic heterocycles. The van der Waals surface area contributed by atoms with E-state index < -0.39 is 16.1 Å². The molecule has 2 atom stereocenters. The van der Waals surface area contributed by atoms with Gasteiger partial charge in [-0.2, -0.15) is 0 Å². The molecule has 0 aromatic carbocycles. The van der Waals surface area contributed by atoms with Gasteiger partial charge in [-0.15, -0.1) is 0 Å². The summed E-state index contributed by atoms with van der Waals surface area (Å²) in [6.07, 6.45) is 0. The SMILES string of the molecule is CC(C)(C)[Si](C)(C)C(CN)OC(CN)[Si](C)(C)C(C)(C)C. The summed E-state index contributed by atoms with van der Waals surface area (Å²) in [6.45, 7) is 24.7. The van der Waals surface area contributed by atoms with E-state index in [4.69, 9.17) is 16.2 Å². The fraction of sp³-hybridized carbons (Fsp3) is 1.00. The standard InChI is InChI=1S/C16H40N2OSi2/c1-15(2,3)20(7,8)13(11-17)19-14(12-18)21(9,10)16(4,5)6/h13-14H,11-12,17-18H2,1-10H3. The third kappa shape index (κ3) is 4.64. The lowest BCUT2D eigenvalue weighted by atomic mass is 10.2.